The molecule has 0 radical (unpaired) electrons. The summed E-state index contributed by atoms with van der Waals surface area (Å²) in [5, 5.41) is 10.3. The number of amides is 2. The Morgan fingerprint density at radius 3 is 2.47 bits per heavy atom. The third-order valence-electron chi connectivity index (χ3n) is 4.45. The van der Waals surface area contributed by atoms with Crippen LogP contribution >= 0.6 is 28.1 Å². The quantitative estimate of drug-likeness (QED) is 0.368. The first-order valence-electron chi connectivity index (χ1n) is 9.51. The van der Waals surface area contributed by atoms with Crippen LogP contribution in [0.4, 0.5) is 5.69 Å². The van der Waals surface area contributed by atoms with Gasteiger partial charge < -0.3 is 9.84 Å². The molecule has 0 aromatic heterocycles. The summed E-state index contributed by atoms with van der Waals surface area (Å²) in [5.74, 6) is -0.720. The molecule has 2 amide bonds. The average molecular weight is 489 g/mol. The molecular formula is C22H21BrN2O4S. The molecule has 2 aromatic carbocycles. The molecule has 1 aliphatic heterocycles. The van der Waals surface area contributed by atoms with Crippen LogP contribution < -0.4 is 9.64 Å². The van der Waals surface area contributed by atoms with E-state index in [1.54, 1.807) is 43.3 Å². The first kappa shape index (κ1) is 22.0. The summed E-state index contributed by atoms with van der Waals surface area (Å²) in [4.78, 5) is 29.2. The molecule has 3 rings (SSSR count). The zero-order valence-corrected chi connectivity index (χ0v) is 19.0. The Morgan fingerprint density at radius 1 is 1.13 bits per heavy atom. The third-order valence-corrected chi connectivity index (χ3v) is 5.46. The molecule has 0 saturated carbocycles. The van der Waals surface area contributed by atoms with Gasteiger partial charge in [-0.3, -0.25) is 19.4 Å². The summed E-state index contributed by atoms with van der Waals surface area (Å²) in [5.41, 5.74) is 1.12. The lowest BCUT2D eigenvalue weighted by molar-refractivity contribution is -0.127. The normalized spacial score (nSPS) is 15.8. The van der Waals surface area contributed by atoms with Gasteiger partial charge in [0, 0.05) is 6.54 Å². The number of carbonyl (C=O) groups excluding carboxylic acids is 2. The van der Waals surface area contributed by atoms with Crippen LogP contribution in [0.5, 0.6) is 11.5 Å². The highest BCUT2D eigenvalue weighted by atomic mass is 79.9. The van der Waals surface area contributed by atoms with Crippen LogP contribution in [0.25, 0.3) is 6.08 Å². The molecule has 1 N–H and O–H groups in total. The summed E-state index contributed by atoms with van der Waals surface area (Å²) < 4.78 is 5.85. The van der Waals surface area contributed by atoms with Gasteiger partial charge in [0.15, 0.2) is 16.6 Å². The van der Waals surface area contributed by atoms with Gasteiger partial charge >= 0.3 is 0 Å². The summed E-state index contributed by atoms with van der Waals surface area (Å²) in [7, 11) is 0. The van der Waals surface area contributed by atoms with E-state index < -0.39 is 11.8 Å². The maximum atomic E-state index is 13.3. The number of thiocarbonyl (C=S) groups is 1. The number of aromatic hydroxyl groups is 1. The van der Waals surface area contributed by atoms with Crippen molar-refractivity contribution < 1.29 is 19.4 Å². The number of nitrogens with zero attached hydrogens (tertiary/aromatic N) is 2. The smallest absolute Gasteiger partial charge is 0.270 e. The number of para-hydroxylation sites is 1. The first-order chi connectivity index (χ1) is 14.4. The monoisotopic (exact) mass is 488 g/mol. The van der Waals surface area contributed by atoms with Crippen molar-refractivity contribution in [3.8, 4) is 11.5 Å². The molecule has 8 heteroatoms. The molecule has 1 saturated heterocycles. The van der Waals surface area contributed by atoms with Crippen LogP contribution in [0, 0.1) is 0 Å². The van der Waals surface area contributed by atoms with Crippen LogP contribution in [0.1, 0.15) is 25.8 Å². The van der Waals surface area contributed by atoms with Gasteiger partial charge in [0.1, 0.15) is 5.57 Å². The maximum Gasteiger partial charge on any atom is 0.270 e. The number of rotatable bonds is 6. The Balaban J connectivity index is 2.11. The number of benzene rings is 2. The zero-order valence-electron chi connectivity index (χ0n) is 16.6. The lowest BCUT2D eigenvalue weighted by atomic mass is 10.0. The van der Waals surface area contributed by atoms with E-state index in [4.69, 9.17) is 17.0 Å². The van der Waals surface area contributed by atoms with E-state index in [1.165, 1.54) is 15.9 Å². The zero-order chi connectivity index (χ0) is 21.8. The number of phenolic OH excluding ortho intramolecular Hbond substituents is 1. The van der Waals surface area contributed by atoms with Gasteiger partial charge in [-0.1, -0.05) is 25.1 Å². The highest BCUT2D eigenvalue weighted by Gasteiger charge is 2.39. The van der Waals surface area contributed by atoms with Gasteiger partial charge in [0.2, 0.25) is 0 Å². The van der Waals surface area contributed by atoms with Gasteiger partial charge in [-0.15, -0.1) is 0 Å². The van der Waals surface area contributed by atoms with Gasteiger partial charge in [0.25, 0.3) is 11.8 Å². The number of hydrogen-bond acceptors (Lipinski definition) is 5. The fourth-order valence-electron chi connectivity index (χ4n) is 3.11. The fourth-order valence-corrected chi connectivity index (χ4v) is 3.93. The lowest BCUT2D eigenvalue weighted by Crippen LogP contribution is -2.56. The van der Waals surface area contributed by atoms with Crippen LogP contribution in [-0.4, -0.2) is 40.1 Å². The Labute approximate surface area is 188 Å². The van der Waals surface area contributed by atoms with Gasteiger partial charge in [0.05, 0.1) is 16.8 Å². The Bertz CT molecular complexity index is 1020. The molecule has 1 heterocycles. The molecule has 0 spiro atoms. The molecule has 0 atom stereocenters. The van der Waals surface area contributed by atoms with Crippen LogP contribution in [0.2, 0.25) is 0 Å². The van der Waals surface area contributed by atoms with Crippen molar-refractivity contribution in [2.75, 3.05) is 18.1 Å². The van der Waals surface area contributed by atoms with E-state index >= 15 is 0 Å². The van der Waals surface area contributed by atoms with E-state index in [-0.39, 0.29) is 22.2 Å². The lowest BCUT2D eigenvalue weighted by Gasteiger charge is -2.36. The number of ether oxygens (including phenoxy) is 1. The second-order valence-electron chi connectivity index (χ2n) is 6.56. The average Bonchev–Trinajstić information content (AvgIpc) is 2.73. The summed E-state index contributed by atoms with van der Waals surface area (Å²) in [6, 6.07) is 12.2. The summed E-state index contributed by atoms with van der Waals surface area (Å²) in [6.45, 7) is 4.50. The molecule has 0 unspecified atom stereocenters. The predicted octanol–water partition coefficient (Wildman–Crippen LogP) is 4.51. The van der Waals surface area contributed by atoms with Crippen molar-refractivity contribution in [3.05, 3.63) is 58.1 Å². The minimum Gasteiger partial charge on any atom is -0.503 e. The van der Waals surface area contributed by atoms with Crippen LogP contribution in [-0.2, 0) is 9.59 Å². The number of carbonyl (C=O) groups is 2. The van der Waals surface area contributed by atoms with E-state index in [0.29, 0.717) is 35.3 Å². The van der Waals surface area contributed by atoms with Gasteiger partial charge in [-0.05, 0) is 77.4 Å². The van der Waals surface area contributed by atoms with E-state index in [2.05, 4.69) is 15.9 Å². The van der Waals surface area contributed by atoms with Crippen LogP contribution in [0.3, 0.4) is 0 Å². The second kappa shape index (κ2) is 9.40. The van der Waals surface area contributed by atoms with Crippen molar-refractivity contribution in [3.63, 3.8) is 0 Å². The highest BCUT2D eigenvalue weighted by molar-refractivity contribution is 9.10. The SMILES string of the molecule is CCCN1C(=O)/C(=C\c2cc(Br)c(O)c(OCC)c2)C(=O)N(c2ccccc2)C1=S. The van der Waals surface area contributed by atoms with Crippen molar-refractivity contribution in [1.82, 2.24) is 4.90 Å². The number of hydrogen-bond donors (Lipinski definition) is 1. The van der Waals surface area contributed by atoms with Crippen molar-refractivity contribution in [2.24, 2.45) is 0 Å². The van der Waals surface area contributed by atoms with Crippen molar-refractivity contribution in [1.29, 1.82) is 0 Å². The molecule has 0 aliphatic carbocycles. The molecule has 30 heavy (non-hydrogen) atoms. The predicted molar refractivity (Wildman–Crippen MR) is 123 cm³/mol. The third kappa shape index (κ3) is 4.24. The van der Waals surface area contributed by atoms with Gasteiger partial charge in [-0.25, -0.2) is 0 Å². The molecular weight excluding hydrogens is 468 g/mol. The van der Waals surface area contributed by atoms with Gasteiger partial charge in [-0.2, -0.15) is 0 Å². The number of phenols is 1. The Hall–Kier alpha value is -2.71. The molecule has 1 fully saturated rings. The van der Waals surface area contributed by atoms with Crippen molar-refractivity contribution in [2.45, 2.75) is 20.3 Å². The molecule has 2 aromatic rings. The summed E-state index contributed by atoms with van der Waals surface area (Å²) >= 11 is 8.77. The highest BCUT2D eigenvalue weighted by Crippen LogP contribution is 2.36. The van der Waals surface area contributed by atoms with E-state index in [0.717, 1.165) is 0 Å². The Morgan fingerprint density at radius 2 is 1.83 bits per heavy atom. The van der Waals surface area contributed by atoms with Crippen LogP contribution in [0.15, 0.2) is 52.5 Å². The minimum absolute atomic E-state index is 0.0130. The standard InChI is InChI=1S/C22H21BrN2O4S/c1-3-10-24-20(27)16(11-14-12-17(23)19(26)18(13-14)29-4-2)21(28)25(22(24)30)15-8-6-5-7-9-15/h5-9,11-13,26H,3-4,10H2,1-2H3/b16-11+. The number of anilines is 1. The van der Waals surface area contributed by atoms with E-state index in [9.17, 15) is 14.7 Å². The Kier molecular flexibility index (Phi) is 6.89. The maximum absolute atomic E-state index is 13.3. The molecule has 0 bridgehead atoms. The topological polar surface area (TPSA) is 70.1 Å². The molecule has 6 nitrogen and oxygen atoms in total. The minimum atomic E-state index is -0.495. The molecule has 156 valence electrons. The first-order valence-corrected chi connectivity index (χ1v) is 10.7. The largest absolute Gasteiger partial charge is 0.503 e. The fraction of sp³-hybridized carbons (Fsp3) is 0.227. The van der Waals surface area contributed by atoms with Crippen molar-refractivity contribution >= 4 is 56.8 Å². The second-order valence-corrected chi connectivity index (χ2v) is 7.78. The molecule has 1 aliphatic rings. The number of halogens is 1. The van der Waals surface area contributed by atoms with E-state index in [1.807, 2.05) is 13.0 Å². The summed E-state index contributed by atoms with van der Waals surface area (Å²) in [6.07, 6.45) is 2.19.